The molecule has 0 unspecified atom stereocenters. The Morgan fingerprint density at radius 3 is 2.50 bits per heavy atom. The maximum absolute atomic E-state index is 13.0. The molecule has 0 spiro atoms. The van der Waals surface area contributed by atoms with Crippen LogP contribution in [0.1, 0.15) is 5.56 Å². The van der Waals surface area contributed by atoms with Crippen LogP contribution in [-0.2, 0) is 0 Å². The second-order valence-corrected chi connectivity index (χ2v) is 6.47. The molecule has 0 N–H and O–H groups in total. The van der Waals surface area contributed by atoms with Crippen molar-refractivity contribution < 1.29 is 0 Å². The van der Waals surface area contributed by atoms with Crippen LogP contribution in [0, 0.1) is 11.4 Å². The zero-order chi connectivity index (χ0) is 16.4. The van der Waals surface area contributed by atoms with E-state index in [0.29, 0.717) is 10.8 Å². The standard InChI is InChI=1S/C20H12N2OS/c1-11-5-4-7-13-17(11)22-16-8-3-2-6-12(16)20(24)15-10-21-9-14(18(15)22)19(13)23/h2-10H,1H3. The lowest BCUT2D eigenvalue weighted by molar-refractivity contribution is 1.27. The van der Waals surface area contributed by atoms with Crippen molar-refractivity contribution in [3.05, 3.63) is 75.2 Å². The number of nitrogens with zero attached hydrogens (tertiary/aromatic N) is 2. The van der Waals surface area contributed by atoms with Crippen molar-refractivity contribution in [1.82, 2.24) is 9.38 Å². The van der Waals surface area contributed by atoms with Crippen molar-refractivity contribution in [2.45, 2.75) is 6.92 Å². The van der Waals surface area contributed by atoms with Gasteiger partial charge in [0.1, 0.15) is 0 Å². The van der Waals surface area contributed by atoms with Gasteiger partial charge in [-0.1, -0.05) is 42.5 Å². The summed E-state index contributed by atoms with van der Waals surface area (Å²) in [6, 6.07) is 13.9. The van der Waals surface area contributed by atoms with Crippen LogP contribution in [0.15, 0.2) is 59.7 Å². The van der Waals surface area contributed by atoms with Crippen molar-refractivity contribution in [3.63, 3.8) is 0 Å². The highest BCUT2D eigenvalue weighted by atomic mass is 32.1. The highest BCUT2D eigenvalue weighted by molar-refractivity contribution is 7.72. The minimum Gasteiger partial charge on any atom is -0.307 e. The number of para-hydroxylation sites is 2. The summed E-state index contributed by atoms with van der Waals surface area (Å²) >= 11 is 5.69. The molecule has 0 radical (unpaired) electrons. The van der Waals surface area contributed by atoms with Crippen LogP contribution in [0.5, 0.6) is 0 Å². The first-order valence-electron chi connectivity index (χ1n) is 7.74. The van der Waals surface area contributed by atoms with Crippen LogP contribution in [0.3, 0.4) is 0 Å². The summed E-state index contributed by atoms with van der Waals surface area (Å²) in [6.45, 7) is 2.04. The second kappa shape index (κ2) is 4.58. The largest absolute Gasteiger partial charge is 0.307 e. The summed E-state index contributed by atoms with van der Waals surface area (Å²) < 4.78 is 2.92. The molecule has 5 aromatic rings. The fraction of sp³-hybridized carbons (Fsp3) is 0.0500. The second-order valence-electron chi connectivity index (χ2n) is 6.07. The van der Waals surface area contributed by atoms with Gasteiger partial charge in [0.25, 0.3) is 0 Å². The van der Waals surface area contributed by atoms with E-state index in [1.807, 2.05) is 43.3 Å². The molecule has 2 aromatic carbocycles. The predicted molar refractivity (Wildman–Crippen MR) is 101 cm³/mol. The molecule has 114 valence electrons. The highest BCUT2D eigenvalue weighted by Crippen LogP contribution is 2.30. The minimum absolute atomic E-state index is 0.0106. The third-order valence-corrected chi connectivity index (χ3v) is 5.17. The molecule has 0 aliphatic carbocycles. The Morgan fingerprint density at radius 2 is 1.62 bits per heavy atom. The third-order valence-electron chi connectivity index (χ3n) is 4.73. The fourth-order valence-electron chi connectivity index (χ4n) is 3.67. The zero-order valence-corrected chi connectivity index (χ0v) is 13.7. The van der Waals surface area contributed by atoms with E-state index < -0.39 is 0 Å². The average molecular weight is 328 g/mol. The lowest BCUT2D eigenvalue weighted by Crippen LogP contribution is -2.10. The SMILES string of the molecule is Cc1cccc2c(=O)c3cncc4c(=S)c5ccccc5n(c12)c43. The monoisotopic (exact) mass is 328 g/mol. The summed E-state index contributed by atoms with van der Waals surface area (Å²) in [5, 5.41) is 3.18. The van der Waals surface area contributed by atoms with Gasteiger partial charge in [-0.25, -0.2) is 0 Å². The van der Waals surface area contributed by atoms with Crippen LogP contribution < -0.4 is 5.43 Å². The molecule has 0 aliphatic heterocycles. The number of hydrogen-bond donors (Lipinski definition) is 0. The molecule has 0 atom stereocenters. The number of rotatable bonds is 0. The molecule has 0 aliphatic rings. The van der Waals surface area contributed by atoms with Gasteiger partial charge in [-0.15, -0.1) is 0 Å². The Morgan fingerprint density at radius 1 is 0.875 bits per heavy atom. The van der Waals surface area contributed by atoms with E-state index in [0.717, 1.165) is 37.4 Å². The molecule has 0 bridgehead atoms. The number of hydrogen-bond acceptors (Lipinski definition) is 3. The Bertz CT molecular complexity index is 1390. The van der Waals surface area contributed by atoms with E-state index in [-0.39, 0.29) is 5.43 Å². The highest BCUT2D eigenvalue weighted by Gasteiger charge is 2.16. The average Bonchev–Trinajstić information content (AvgIpc) is 2.61. The van der Waals surface area contributed by atoms with Gasteiger partial charge >= 0.3 is 0 Å². The Kier molecular flexibility index (Phi) is 2.59. The summed E-state index contributed by atoms with van der Waals surface area (Å²) in [5.41, 5.74) is 3.90. The number of fused-ring (bicyclic) bond motifs is 4. The molecule has 24 heavy (non-hydrogen) atoms. The van der Waals surface area contributed by atoms with Gasteiger partial charge in [0.15, 0.2) is 5.43 Å². The Balaban J connectivity index is 2.38. The van der Waals surface area contributed by atoms with Crippen LogP contribution in [0.2, 0.25) is 0 Å². The van der Waals surface area contributed by atoms with E-state index in [9.17, 15) is 4.79 Å². The summed E-state index contributed by atoms with van der Waals surface area (Å²) in [5.74, 6) is 0. The quantitative estimate of drug-likeness (QED) is 0.236. The zero-order valence-electron chi connectivity index (χ0n) is 12.9. The lowest BCUT2D eigenvalue weighted by Gasteiger charge is -2.15. The smallest absolute Gasteiger partial charge is 0.198 e. The maximum atomic E-state index is 13.0. The van der Waals surface area contributed by atoms with Crippen molar-refractivity contribution in [3.8, 4) is 0 Å². The van der Waals surface area contributed by atoms with Crippen molar-refractivity contribution >= 4 is 50.3 Å². The summed E-state index contributed by atoms with van der Waals surface area (Å²) in [6.07, 6.45) is 3.41. The number of aromatic nitrogens is 2. The molecule has 0 amide bonds. The third kappa shape index (κ3) is 1.53. The number of aryl methyl sites for hydroxylation is 1. The molecule has 3 nitrogen and oxygen atoms in total. The van der Waals surface area contributed by atoms with E-state index >= 15 is 0 Å². The van der Waals surface area contributed by atoms with Gasteiger partial charge in [0.05, 0.1) is 26.4 Å². The van der Waals surface area contributed by atoms with Crippen molar-refractivity contribution in [2.75, 3.05) is 0 Å². The van der Waals surface area contributed by atoms with Gasteiger partial charge < -0.3 is 4.40 Å². The first kappa shape index (κ1) is 13.6. The minimum atomic E-state index is 0.0106. The molecule has 0 saturated carbocycles. The number of pyridine rings is 3. The normalized spacial score (nSPS) is 11.9. The molecule has 4 heteroatoms. The van der Waals surface area contributed by atoms with Gasteiger partial charge in [-0.05, 0) is 24.6 Å². The van der Waals surface area contributed by atoms with Gasteiger partial charge in [-0.3, -0.25) is 9.78 Å². The molecule has 0 fully saturated rings. The first-order chi connectivity index (χ1) is 11.7. The number of benzene rings is 2. The molecular weight excluding hydrogens is 316 g/mol. The van der Waals surface area contributed by atoms with E-state index in [4.69, 9.17) is 12.2 Å². The maximum Gasteiger partial charge on any atom is 0.198 e. The molecule has 5 rings (SSSR count). The van der Waals surface area contributed by atoms with Crippen LogP contribution in [0.4, 0.5) is 0 Å². The van der Waals surface area contributed by atoms with E-state index in [1.54, 1.807) is 12.4 Å². The van der Waals surface area contributed by atoms with E-state index in [2.05, 4.69) is 15.5 Å². The Hall–Kier alpha value is -2.85. The topological polar surface area (TPSA) is 34.4 Å². The predicted octanol–water partition coefficient (Wildman–Crippen LogP) is 4.63. The summed E-state index contributed by atoms with van der Waals surface area (Å²) in [7, 11) is 0. The van der Waals surface area contributed by atoms with Crippen LogP contribution in [-0.4, -0.2) is 9.38 Å². The first-order valence-corrected chi connectivity index (χ1v) is 8.15. The van der Waals surface area contributed by atoms with Gasteiger partial charge in [-0.2, -0.15) is 0 Å². The Labute approximate surface area is 142 Å². The van der Waals surface area contributed by atoms with Crippen LogP contribution in [0.25, 0.3) is 38.1 Å². The fourth-order valence-corrected chi connectivity index (χ4v) is 3.99. The van der Waals surface area contributed by atoms with E-state index in [1.165, 1.54) is 0 Å². The van der Waals surface area contributed by atoms with Gasteiger partial charge in [0, 0.05) is 28.6 Å². The van der Waals surface area contributed by atoms with Crippen molar-refractivity contribution in [1.29, 1.82) is 0 Å². The van der Waals surface area contributed by atoms with Crippen LogP contribution >= 0.6 is 12.2 Å². The molecular formula is C20H12N2OS. The summed E-state index contributed by atoms with van der Waals surface area (Å²) in [4.78, 5) is 17.3. The lowest BCUT2D eigenvalue weighted by atomic mass is 10.0. The molecule has 3 aromatic heterocycles. The van der Waals surface area contributed by atoms with Gasteiger partial charge in [0.2, 0.25) is 0 Å². The molecule has 3 heterocycles. The molecule has 0 saturated heterocycles. The van der Waals surface area contributed by atoms with Crippen molar-refractivity contribution in [2.24, 2.45) is 0 Å².